The van der Waals surface area contributed by atoms with Gasteiger partial charge in [-0.1, -0.05) is 41.4 Å². The van der Waals surface area contributed by atoms with Gasteiger partial charge in [-0.2, -0.15) is 0 Å². The first kappa shape index (κ1) is 19.0. The van der Waals surface area contributed by atoms with Crippen molar-refractivity contribution in [1.82, 2.24) is 0 Å². The van der Waals surface area contributed by atoms with E-state index in [9.17, 15) is 4.79 Å². The molecule has 6 heteroatoms. The maximum atomic E-state index is 12.7. The summed E-state index contributed by atoms with van der Waals surface area (Å²) < 4.78 is 0. The van der Waals surface area contributed by atoms with Crippen LogP contribution in [0.2, 0.25) is 10.0 Å². The van der Waals surface area contributed by atoms with Crippen molar-refractivity contribution in [1.29, 1.82) is 0 Å². The van der Waals surface area contributed by atoms with E-state index in [0.717, 1.165) is 48.1 Å². The normalized spacial score (nSPS) is 16.4. The van der Waals surface area contributed by atoms with Crippen LogP contribution < -0.4 is 15.1 Å². The van der Waals surface area contributed by atoms with Crippen molar-refractivity contribution in [3.63, 3.8) is 0 Å². The minimum Gasteiger partial charge on any atom is -0.359 e. The lowest BCUT2D eigenvalue weighted by Gasteiger charge is -2.36. The summed E-state index contributed by atoms with van der Waals surface area (Å²) in [5, 5.41) is 4.42. The van der Waals surface area contributed by atoms with Crippen molar-refractivity contribution >= 4 is 40.5 Å². The van der Waals surface area contributed by atoms with Crippen molar-refractivity contribution in [2.75, 3.05) is 36.4 Å². The number of hydrogen-bond acceptors (Lipinski definition) is 2. The molecule has 2 aromatic rings. The van der Waals surface area contributed by atoms with Gasteiger partial charge >= 0.3 is 0 Å². The quantitative estimate of drug-likeness (QED) is 0.838. The molecule has 0 aromatic heterocycles. The highest BCUT2D eigenvalue weighted by atomic mass is 35.5. The molecule has 1 atom stereocenters. The summed E-state index contributed by atoms with van der Waals surface area (Å²) in [6, 6.07) is 13.3. The molecule has 1 amide bonds. The number of hydrogen-bond donors (Lipinski definition) is 2. The van der Waals surface area contributed by atoms with Gasteiger partial charge in [0.1, 0.15) is 0 Å². The maximum absolute atomic E-state index is 12.7. The molecule has 0 aliphatic carbocycles. The highest BCUT2D eigenvalue weighted by molar-refractivity contribution is 6.33. The van der Waals surface area contributed by atoms with E-state index in [2.05, 4.69) is 10.2 Å². The van der Waals surface area contributed by atoms with Crippen LogP contribution in [0.25, 0.3) is 0 Å². The Morgan fingerprint density at radius 2 is 1.85 bits per heavy atom. The molecule has 1 aliphatic heterocycles. The molecule has 3 rings (SSSR count). The van der Waals surface area contributed by atoms with Crippen molar-refractivity contribution in [2.24, 2.45) is 0 Å². The van der Waals surface area contributed by atoms with Gasteiger partial charge in [0.15, 0.2) is 6.04 Å². The van der Waals surface area contributed by atoms with Crippen LogP contribution in [-0.4, -0.2) is 38.1 Å². The minimum absolute atomic E-state index is 0.0246. The zero-order valence-electron chi connectivity index (χ0n) is 15.1. The molecule has 2 N–H and O–H groups in total. The first-order chi connectivity index (χ1) is 12.5. The Hall–Kier alpha value is -1.75. The Bertz CT molecular complexity index is 788. The summed E-state index contributed by atoms with van der Waals surface area (Å²) in [6.07, 6.45) is 0. The van der Waals surface area contributed by atoms with Gasteiger partial charge < -0.3 is 15.1 Å². The van der Waals surface area contributed by atoms with Crippen LogP contribution in [-0.2, 0) is 4.79 Å². The van der Waals surface area contributed by atoms with E-state index in [1.165, 1.54) is 4.90 Å². The topological polar surface area (TPSA) is 36.8 Å². The number of rotatable bonds is 4. The number of halogens is 2. The number of aryl methyl sites for hydroxylation is 1. The van der Waals surface area contributed by atoms with Crippen molar-refractivity contribution < 1.29 is 9.69 Å². The number of para-hydroxylation sites is 1. The van der Waals surface area contributed by atoms with E-state index >= 15 is 0 Å². The van der Waals surface area contributed by atoms with E-state index < -0.39 is 0 Å². The third-order valence-electron chi connectivity index (χ3n) is 5.06. The molecule has 4 nitrogen and oxygen atoms in total. The predicted molar refractivity (Wildman–Crippen MR) is 109 cm³/mol. The van der Waals surface area contributed by atoms with E-state index in [1.54, 1.807) is 6.07 Å². The highest BCUT2D eigenvalue weighted by Gasteiger charge is 2.30. The number of benzene rings is 2. The number of anilines is 2. The van der Waals surface area contributed by atoms with Crippen molar-refractivity contribution in [2.45, 2.75) is 19.9 Å². The Morgan fingerprint density at radius 1 is 1.15 bits per heavy atom. The molecule has 0 bridgehead atoms. The lowest BCUT2D eigenvalue weighted by molar-refractivity contribution is -0.914. The lowest BCUT2D eigenvalue weighted by Crippen LogP contribution is -3.19. The molecular formula is C20H24Cl2N3O+. The monoisotopic (exact) mass is 392 g/mol. The van der Waals surface area contributed by atoms with Crippen LogP contribution in [0.1, 0.15) is 12.5 Å². The number of amides is 1. The van der Waals surface area contributed by atoms with E-state index in [0.29, 0.717) is 5.02 Å². The third kappa shape index (κ3) is 4.32. The average Bonchev–Trinajstić information content (AvgIpc) is 2.64. The number of quaternary nitrogens is 1. The Balaban J connectivity index is 1.59. The summed E-state index contributed by atoms with van der Waals surface area (Å²) in [4.78, 5) is 16.2. The number of nitrogens with zero attached hydrogens (tertiary/aromatic N) is 1. The maximum Gasteiger partial charge on any atom is 0.282 e. The zero-order valence-corrected chi connectivity index (χ0v) is 16.6. The van der Waals surface area contributed by atoms with Gasteiger partial charge in [-0.25, -0.2) is 0 Å². The molecule has 26 heavy (non-hydrogen) atoms. The molecule has 2 aromatic carbocycles. The van der Waals surface area contributed by atoms with Gasteiger partial charge in [-0.3, -0.25) is 4.79 Å². The van der Waals surface area contributed by atoms with E-state index in [1.807, 2.05) is 50.2 Å². The van der Waals surface area contributed by atoms with Crippen LogP contribution in [0.4, 0.5) is 11.4 Å². The smallest absolute Gasteiger partial charge is 0.282 e. The van der Waals surface area contributed by atoms with Crippen LogP contribution in [0.3, 0.4) is 0 Å². The summed E-state index contributed by atoms with van der Waals surface area (Å²) in [5.74, 6) is 0.0246. The van der Waals surface area contributed by atoms with Crippen LogP contribution in [0, 0.1) is 6.92 Å². The summed E-state index contributed by atoms with van der Waals surface area (Å²) in [6.45, 7) is 7.50. The second-order valence-corrected chi connectivity index (χ2v) is 7.61. The Labute approximate surface area is 164 Å². The highest BCUT2D eigenvalue weighted by Crippen LogP contribution is 2.25. The average molecular weight is 393 g/mol. The largest absolute Gasteiger partial charge is 0.359 e. The van der Waals surface area contributed by atoms with Gasteiger partial charge in [0.05, 0.1) is 36.9 Å². The fourth-order valence-corrected chi connectivity index (χ4v) is 3.76. The van der Waals surface area contributed by atoms with Gasteiger partial charge in [0.2, 0.25) is 0 Å². The minimum atomic E-state index is -0.123. The molecule has 0 radical (unpaired) electrons. The van der Waals surface area contributed by atoms with Crippen molar-refractivity contribution in [3.8, 4) is 0 Å². The van der Waals surface area contributed by atoms with E-state index in [-0.39, 0.29) is 11.9 Å². The number of carbonyl (C=O) groups excluding carboxylic acids is 1. The molecule has 1 heterocycles. The van der Waals surface area contributed by atoms with Crippen molar-refractivity contribution in [3.05, 3.63) is 58.1 Å². The molecule has 1 saturated heterocycles. The number of piperazine rings is 1. The first-order valence-corrected chi connectivity index (χ1v) is 9.62. The lowest BCUT2D eigenvalue weighted by atomic mass is 10.1. The molecule has 0 saturated carbocycles. The fourth-order valence-electron chi connectivity index (χ4n) is 3.33. The summed E-state index contributed by atoms with van der Waals surface area (Å²) in [5.41, 5.74) is 2.86. The first-order valence-electron chi connectivity index (χ1n) is 8.87. The molecule has 0 unspecified atom stereocenters. The standard InChI is InChI=1S/C20H23Cl2N3O/c1-14-7-8-16(21)13-18(14)23-20(26)15(2)24-9-11-25(12-10-24)19-6-4-3-5-17(19)22/h3-8,13,15H,9-12H2,1-2H3,(H,23,26)/p+1/t15-/m0/s1. The SMILES string of the molecule is Cc1ccc(Cl)cc1NC(=O)[C@H](C)[NH+]1CCN(c2ccccc2Cl)CC1. The molecule has 1 aliphatic rings. The van der Waals surface area contributed by atoms with Gasteiger partial charge in [0, 0.05) is 10.7 Å². The van der Waals surface area contributed by atoms with Crippen LogP contribution in [0.15, 0.2) is 42.5 Å². The number of carbonyl (C=O) groups is 1. The van der Waals surface area contributed by atoms with Crippen LogP contribution >= 0.6 is 23.2 Å². The fraction of sp³-hybridized carbons (Fsp3) is 0.350. The van der Waals surface area contributed by atoms with E-state index in [4.69, 9.17) is 23.2 Å². The zero-order chi connectivity index (χ0) is 18.7. The molecule has 138 valence electrons. The second-order valence-electron chi connectivity index (χ2n) is 6.77. The van der Waals surface area contributed by atoms with Crippen LogP contribution in [0.5, 0.6) is 0 Å². The number of nitrogens with one attached hydrogen (secondary N) is 2. The summed E-state index contributed by atoms with van der Waals surface area (Å²) in [7, 11) is 0. The molecule has 0 spiro atoms. The molecular weight excluding hydrogens is 369 g/mol. The Kier molecular flexibility index (Phi) is 6.07. The van der Waals surface area contributed by atoms with Gasteiger partial charge in [0.25, 0.3) is 5.91 Å². The van der Waals surface area contributed by atoms with Gasteiger partial charge in [-0.15, -0.1) is 0 Å². The third-order valence-corrected chi connectivity index (χ3v) is 5.62. The summed E-state index contributed by atoms with van der Waals surface area (Å²) >= 11 is 12.3. The second kappa shape index (κ2) is 8.30. The molecule has 1 fully saturated rings. The predicted octanol–water partition coefficient (Wildman–Crippen LogP) is 3.03. The van der Waals surface area contributed by atoms with Gasteiger partial charge in [-0.05, 0) is 43.7 Å². The Morgan fingerprint density at radius 3 is 2.54 bits per heavy atom.